The second-order valence-corrected chi connectivity index (χ2v) is 4.83. The zero-order valence-electron chi connectivity index (χ0n) is 12.2. The fourth-order valence-corrected chi connectivity index (χ4v) is 2.05. The van der Waals surface area contributed by atoms with E-state index in [1.165, 1.54) is 37.5 Å². The zero-order valence-corrected chi connectivity index (χ0v) is 12.2. The van der Waals surface area contributed by atoms with Crippen LogP contribution in [0.5, 0.6) is 5.75 Å². The predicted octanol–water partition coefficient (Wildman–Crippen LogP) is 4.03. The number of ether oxygens (including phenoxy) is 1. The van der Waals surface area contributed by atoms with Gasteiger partial charge in [0, 0.05) is 6.07 Å². The molecule has 0 aromatic heterocycles. The van der Waals surface area contributed by atoms with Gasteiger partial charge in [-0.15, -0.1) is 0 Å². The van der Waals surface area contributed by atoms with Crippen LogP contribution in [0.2, 0.25) is 0 Å². The molecular formula is C15H21NO5. The number of nitrogens with zero attached hydrogens (tertiary/aromatic N) is 1. The number of hydrogen-bond acceptors (Lipinski definition) is 4. The van der Waals surface area contributed by atoms with Gasteiger partial charge < -0.3 is 9.84 Å². The predicted molar refractivity (Wildman–Crippen MR) is 78.9 cm³/mol. The van der Waals surface area contributed by atoms with Gasteiger partial charge in [0.15, 0.2) is 0 Å². The first-order valence-corrected chi connectivity index (χ1v) is 7.21. The van der Waals surface area contributed by atoms with Crippen LogP contribution in [-0.2, 0) is 0 Å². The number of unbranched alkanes of at least 4 members (excludes halogenated alkanes) is 5. The summed E-state index contributed by atoms with van der Waals surface area (Å²) in [5.41, 5.74) is -0.476. The summed E-state index contributed by atoms with van der Waals surface area (Å²) in [6, 6.07) is 3.91. The Hall–Kier alpha value is -2.11. The molecule has 0 aliphatic carbocycles. The van der Waals surface area contributed by atoms with Crippen molar-refractivity contribution in [1.29, 1.82) is 0 Å². The van der Waals surface area contributed by atoms with Gasteiger partial charge in [-0.2, -0.15) is 0 Å². The second-order valence-electron chi connectivity index (χ2n) is 4.83. The Bertz CT molecular complexity index is 455. The number of nitro benzene ring substituents is 1. The van der Waals surface area contributed by atoms with Crippen LogP contribution in [-0.4, -0.2) is 22.6 Å². The lowest BCUT2D eigenvalue weighted by Gasteiger charge is -2.09. The van der Waals surface area contributed by atoms with Gasteiger partial charge in [0.2, 0.25) is 5.75 Å². The quantitative estimate of drug-likeness (QED) is 0.400. The summed E-state index contributed by atoms with van der Waals surface area (Å²) in [5.74, 6) is -1.37. The molecule has 0 aliphatic heterocycles. The maximum absolute atomic E-state index is 11.1. The van der Waals surface area contributed by atoms with Crippen LogP contribution in [0.1, 0.15) is 55.8 Å². The number of nitro groups is 1. The monoisotopic (exact) mass is 295 g/mol. The highest BCUT2D eigenvalue weighted by Crippen LogP contribution is 2.31. The third kappa shape index (κ3) is 5.41. The van der Waals surface area contributed by atoms with Crippen molar-refractivity contribution in [3.05, 3.63) is 33.9 Å². The molecule has 6 nitrogen and oxygen atoms in total. The minimum Gasteiger partial charge on any atom is -0.486 e. The molecular weight excluding hydrogens is 274 g/mol. The second kappa shape index (κ2) is 8.94. The molecule has 0 atom stereocenters. The summed E-state index contributed by atoms with van der Waals surface area (Å²) in [6.45, 7) is 2.43. The van der Waals surface area contributed by atoms with Gasteiger partial charge in [-0.25, -0.2) is 4.79 Å². The third-order valence-electron chi connectivity index (χ3n) is 3.17. The fourth-order valence-electron chi connectivity index (χ4n) is 2.05. The highest BCUT2D eigenvalue weighted by atomic mass is 16.6. The molecule has 1 aromatic carbocycles. The van der Waals surface area contributed by atoms with Crippen molar-refractivity contribution in [2.75, 3.05) is 6.61 Å². The number of aromatic carboxylic acids is 1. The Morgan fingerprint density at radius 1 is 1.24 bits per heavy atom. The number of para-hydroxylation sites is 1. The van der Waals surface area contributed by atoms with E-state index >= 15 is 0 Å². The summed E-state index contributed by atoms with van der Waals surface area (Å²) >= 11 is 0. The largest absolute Gasteiger partial charge is 0.486 e. The van der Waals surface area contributed by atoms with Gasteiger partial charge >= 0.3 is 11.7 Å². The first kappa shape index (κ1) is 16.9. The average Bonchev–Trinajstić information content (AvgIpc) is 2.45. The van der Waals surface area contributed by atoms with Gasteiger partial charge in [0.1, 0.15) is 5.56 Å². The van der Waals surface area contributed by atoms with Crippen molar-refractivity contribution in [3.8, 4) is 5.75 Å². The van der Waals surface area contributed by atoms with Crippen molar-refractivity contribution in [3.63, 3.8) is 0 Å². The smallest absolute Gasteiger partial charge is 0.339 e. The molecule has 0 spiro atoms. The first-order chi connectivity index (χ1) is 10.1. The number of carboxylic acid groups (broad SMARTS) is 1. The average molecular weight is 295 g/mol. The SMILES string of the molecule is CCCCCCCCOc1c(C(=O)O)cccc1[N+](=O)[O-]. The molecule has 0 amide bonds. The molecule has 0 aliphatic rings. The Morgan fingerprint density at radius 2 is 1.90 bits per heavy atom. The number of benzene rings is 1. The van der Waals surface area contributed by atoms with E-state index < -0.39 is 10.9 Å². The maximum Gasteiger partial charge on any atom is 0.339 e. The molecule has 0 saturated heterocycles. The van der Waals surface area contributed by atoms with Crippen LogP contribution in [0.25, 0.3) is 0 Å². The van der Waals surface area contributed by atoms with E-state index in [9.17, 15) is 14.9 Å². The van der Waals surface area contributed by atoms with Crippen LogP contribution < -0.4 is 4.74 Å². The Labute approximate surface area is 123 Å². The van der Waals surface area contributed by atoms with E-state index in [2.05, 4.69) is 6.92 Å². The number of carbonyl (C=O) groups is 1. The normalized spacial score (nSPS) is 10.3. The van der Waals surface area contributed by atoms with E-state index in [0.717, 1.165) is 19.3 Å². The topological polar surface area (TPSA) is 89.7 Å². The van der Waals surface area contributed by atoms with Crippen LogP contribution in [0.15, 0.2) is 18.2 Å². The van der Waals surface area contributed by atoms with E-state index in [4.69, 9.17) is 9.84 Å². The lowest BCUT2D eigenvalue weighted by Crippen LogP contribution is -2.07. The molecule has 0 bridgehead atoms. The van der Waals surface area contributed by atoms with Crippen LogP contribution in [0, 0.1) is 10.1 Å². The standard InChI is InChI=1S/C15H21NO5/c1-2-3-4-5-6-7-11-21-14-12(15(17)18)9-8-10-13(14)16(19)20/h8-10H,2-7,11H2,1H3,(H,17,18). The van der Waals surface area contributed by atoms with Crippen molar-refractivity contribution in [2.24, 2.45) is 0 Å². The van der Waals surface area contributed by atoms with Gasteiger partial charge in [0.25, 0.3) is 0 Å². The summed E-state index contributed by atoms with van der Waals surface area (Å²) in [6.07, 6.45) is 6.38. The van der Waals surface area contributed by atoms with E-state index in [1.807, 2.05) is 0 Å². The highest BCUT2D eigenvalue weighted by molar-refractivity contribution is 5.92. The molecule has 0 unspecified atom stereocenters. The lowest BCUT2D eigenvalue weighted by molar-refractivity contribution is -0.385. The molecule has 0 radical (unpaired) electrons. The minimum absolute atomic E-state index is 0.149. The van der Waals surface area contributed by atoms with Gasteiger partial charge in [0.05, 0.1) is 11.5 Å². The zero-order chi connectivity index (χ0) is 15.7. The highest BCUT2D eigenvalue weighted by Gasteiger charge is 2.22. The Morgan fingerprint density at radius 3 is 2.52 bits per heavy atom. The van der Waals surface area contributed by atoms with Crippen molar-refractivity contribution in [1.82, 2.24) is 0 Å². The lowest BCUT2D eigenvalue weighted by atomic mass is 10.1. The van der Waals surface area contributed by atoms with Crippen LogP contribution in [0.4, 0.5) is 5.69 Å². The van der Waals surface area contributed by atoms with Crippen LogP contribution in [0.3, 0.4) is 0 Å². The van der Waals surface area contributed by atoms with E-state index in [-0.39, 0.29) is 23.6 Å². The summed E-state index contributed by atoms with van der Waals surface area (Å²) in [4.78, 5) is 21.4. The molecule has 0 heterocycles. The van der Waals surface area contributed by atoms with Gasteiger partial charge in [-0.1, -0.05) is 45.1 Å². The third-order valence-corrected chi connectivity index (χ3v) is 3.17. The van der Waals surface area contributed by atoms with Crippen molar-refractivity contribution < 1.29 is 19.6 Å². The molecule has 1 N–H and O–H groups in total. The van der Waals surface area contributed by atoms with E-state index in [0.29, 0.717) is 0 Å². The maximum atomic E-state index is 11.1. The minimum atomic E-state index is -1.23. The fraction of sp³-hybridized carbons (Fsp3) is 0.533. The van der Waals surface area contributed by atoms with Crippen LogP contribution >= 0.6 is 0 Å². The van der Waals surface area contributed by atoms with E-state index in [1.54, 1.807) is 0 Å². The molecule has 116 valence electrons. The summed E-state index contributed by atoms with van der Waals surface area (Å²) < 4.78 is 5.37. The molecule has 1 rings (SSSR count). The van der Waals surface area contributed by atoms with Gasteiger partial charge in [-0.3, -0.25) is 10.1 Å². The summed E-state index contributed by atoms with van der Waals surface area (Å²) in [7, 11) is 0. The van der Waals surface area contributed by atoms with Crippen molar-refractivity contribution >= 4 is 11.7 Å². The molecule has 1 aromatic rings. The number of carboxylic acids is 1. The number of hydrogen-bond donors (Lipinski definition) is 1. The molecule has 21 heavy (non-hydrogen) atoms. The Balaban J connectivity index is 2.60. The summed E-state index contributed by atoms with van der Waals surface area (Å²) in [5, 5.41) is 20.0. The molecule has 0 fully saturated rings. The molecule has 6 heteroatoms. The molecule has 0 saturated carbocycles. The first-order valence-electron chi connectivity index (χ1n) is 7.21. The Kier molecular flexibility index (Phi) is 7.21. The number of rotatable bonds is 10. The van der Waals surface area contributed by atoms with Crippen molar-refractivity contribution in [2.45, 2.75) is 45.4 Å². The van der Waals surface area contributed by atoms with Gasteiger partial charge in [-0.05, 0) is 12.5 Å².